The van der Waals surface area contributed by atoms with Gasteiger partial charge in [0.25, 0.3) is 0 Å². The molecule has 1 aliphatic rings. The van der Waals surface area contributed by atoms with Crippen molar-refractivity contribution in [2.45, 2.75) is 18.6 Å². The van der Waals surface area contributed by atoms with E-state index in [4.69, 9.17) is 4.74 Å². The lowest BCUT2D eigenvalue weighted by atomic mass is 10.3. The molecule has 0 aromatic rings. The molecule has 1 saturated heterocycles. The normalized spacial score (nSPS) is 27.3. The maximum atomic E-state index is 11.5. The summed E-state index contributed by atoms with van der Waals surface area (Å²) in [5, 5.41) is 2.84. The molecule has 0 spiro atoms. The predicted molar refractivity (Wildman–Crippen MR) is 51.6 cm³/mol. The molecule has 1 atom stereocenters. The molecule has 1 heterocycles. The van der Waals surface area contributed by atoms with Crippen LogP contribution in [0.3, 0.4) is 0 Å². The van der Waals surface area contributed by atoms with Gasteiger partial charge in [-0.05, 0) is 13.3 Å². The van der Waals surface area contributed by atoms with E-state index in [1.54, 1.807) is 0 Å². The summed E-state index contributed by atoms with van der Waals surface area (Å²) < 4.78 is 28.1. The molecule has 1 fully saturated rings. The van der Waals surface area contributed by atoms with Crippen molar-refractivity contribution in [3.8, 4) is 0 Å². The summed E-state index contributed by atoms with van der Waals surface area (Å²) in [4.78, 5) is 0. The first-order chi connectivity index (χ1) is 6.17. The highest BCUT2D eigenvalue weighted by molar-refractivity contribution is 7.92. The number of ether oxygens (including phenoxy) is 1. The summed E-state index contributed by atoms with van der Waals surface area (Å²) in [5.74, 6) is 0.268. The molecule has 13 heavy (non-hydrogen) atoms. The van der Waals surface area contributed by atoms with Crippen molar-refractivity contribution in [1.29, 1.82) is 0 Å². The fourth-order valence-corrected chi connectivity index (χ4v) is 3.00. The molecule has 1 unspecified atom stereocenters. The van der Waals surface area contributed by atoms with Crippen molar-refractivity contribution in [3.63, 3.8) is 0 Å². The largest absolute Gasteiger partial charge is 0.382 e. The van der Waals surface area contributed by atoms with Gasteiger partial charge in [0.2, 0.25) is 0 Å². The lowest BCUT2D eigenvalue weighted by molar-refractivity contribution is 0.143. The predicted octanol–water partition coefficient (Wildman–Crippen LogP) is -0.200. The number of hydrogen-bond acceptors (Lipinski definition) is 4. The van der Waals surface area contributed by atoms with Crippen LogP contribution in [0, 0.1) is 0 Å². The molecule has 0 radical (unpaired) electrons. The van der Waals surface area contributed by atoms with Gasteiger partial charge in [-0.25, -0.2) is 8.42 Å². The first-order valence-corrected chi connectivity index (χ1v) is 6.38. The minimum Gasteiger partial charge on any atom is -0.382 e. The second kappa shape index (κ2) is 4.93. The molecule has 0 aliphatic carbocycles. The number of rotatable bonds is 4. The van der Waals surface area contributed by atoms with E-state index in [2.05, 4.69) is 5.32 Å². The van der Waals surface area contributed by atoms with E-state index in [1.807, 2.05) is 6.92 Å². The van der Waals surface area contributed by atoms with Crippen LogP contribution in [0.25, 0.3) is 0 Å². The van der Waals surface area contributed by atoms with Crippen molar-refractivity contribution in [2.24, 2.45) is 0 Å². The lowest BCUT2D eigenvalue weighted by Gasteiger charge is -2.22. The van der Waals surface area contributed by atoms with Crippen LogP contribution >= 0.6 is 0 Å². The monoisotopic (exact) mass is 207 g/mol. The molecule has 4 nitrogen and oxygen atoms in total. The van der Waals surface area contributed by atoms with Crippen LogP contribution < -0.4 is 5.32 Å². The molecule has 0 aromatic heterocycles. The van der Waals surface area contributed by atoms with Gasteiger partial charge in [-0.15, -0.1) is 0 Å². The Labute approximate surface area is 79.6 Å². The number of sulfone groups is 1. The van der Waals surface area contributed by atoms with Gasteiger partial charge < -0.3 is 10.1 Å². The zero-order chi connectivity index (χ0) is 9.73. The van der Waals surface area contributed by atoms with Crippen LogP contribution in [0.2, 0.25) is 0 Å². The van der Waals surface area contributed by atoms with Crippen molar-refractivity contribution in [3.05, 3.63) is 0 Å². The smallest absolute Gasteiger partial charge is 0.155 e. The highest BCUT2D eigenvalue weighted by Crippen LogP contribution is 2.09. The van der Waals surface area contributed by atoms with E-state index in [0.29, 0.717) is 32.7 Å². The fraction of sp³-hybridized carbons (Fsp3) is 1.00. The minimum atomic E-state index is -2.85. The van der Waals surface area contributed by atoms with Gasteiger partial charge >= 0.3 is 0 Å². The van der Waals surface area contributed by atoms with Gasteiger partial charge in [-0.1, -0.05) is 0 Å². The SMILES string of the molecule is CCOCCC1CNCCS1(=O)=O. The van der Waals surface area contributed by atoms with Crippen LogP contribution in [0.4, 0.5) is 0 Å². The molecule has 0 aromatic carbocycles. The van der Waals surface area contributed by atoms with Crippen LogP contribution in [0.15, 0.2) is 0 Å². The van der Waals surface area contributed by atoms with Crippen molar-refractivity contribution >= 4 is 9.84 Å². The van der Waals surface area contributed by atoms with Crippen LogP contribution in [-0.2, 0) is 14.6 Å². The zero-order valence-corrected chi connectivity index (χ0v) is 8.77. The molecule has 0 saturated carbocycles. The average molecular weight is 207 g/mol. The molecule has 1 rings (SSSR count). The Hall–Kier alpha value is -0.130. The zero-order valence-electron chi connectivity index (χ0n) is 7.95. The summed E-state index contributed by atoms with van der Waals surface area (Å²) in [6.45, 7) is 4.28. The average Bonchev–Trinajstić information content (AvgIpc) is 2.08. The molecule has 78 valence electrons. The third-order valence-electron chi connectivity index (χ3n) is 2.23. The Morgan fingerprint density at radius 2 is 2.31 bits per heavy atom. The summed E-state index contributed by atoms with van der Waals surface area (Å²) in [6.07, 6.45) is 0.614. The van der Waals surface area contributed by atoms with Crippen molar-refractivity contribution in [2.75, 3.05) is 32.1 Å². The highest BCUT2D eigenvalue weighted by atomic mass is 32.2. The van der Waals surface area contributed by atoms with Gasteiger partial charge in [0.15, 0.2) is 9.84 Å². The second-order valence-electron chi connectivity index (χ2n) is 3.18. The topological polar surface area (TPSA) is 55.4 Å². The Bertz CT molecular complexity index is 238. The minimum absolute atomic E-state index is 0.243. The summed E-state index contributed by atoms with van der Waals surface area (Å²) >= 11 is 0. The Kier molecular flexibility index (Phi) is 4.15. The van der Waals surface area contributed by atoms with E-state index in [1.165, 1.54) is 0 Å². The standard InChI is InChI=1S/C8H17NO3S/c1-2-12-5-3-8-7-9-4-6-13(8,10)11/h8-9H,2-7H2,1H3. The number of nitrogens with one attached hydrogen (secondary N) is 1. The second-order valence-corrected chi connectivity index (χ2v) is 5.58. The summed E-state index contributed by atoms with van der Waals surface area (Å²) in [6, 6.07) is 0. The van der Waals surface area contributed by atoms with Crippen LogP contribution in [-0.4, -0.2) is 45.7 Å². The summed E-state index contributed by atoms with van der Waals surface area (Å²) in [7, 11) is -2.85. The van der Waals surface area contributed by atoms with E-state index in [0.717, 1.165) is 0 Å². The quantitative estimate of drug-likeness (QED) is 0.649. The van der Waals surface area contributed by atoms with Crippen molar-refractivity contribution < 1.29 is 13.2 Å². The Morgan fingerprint density at radius 3 is 2.92 bits per heavy atom. The maximum absolute atomic E-state index is 11.5. The third kappa shape index (κ3) is 3.25. The first kappa shape index (κ1) is 10.9. The van der Waals surface area contributed by atoms with Crippen LogP contribution in [0.5, 0.6) is 0 Å². The first-order valence-electron chi connectivity index (χ1n) is 4.67. The molecule has 5 heteroatoms. The van der Waals surface area contributed by atoms with E-state index >= 15 is 0 Å². The van der Waals surface area contributed by atoms with Gasteiger partial charge in [0, 0.05) is 26.3 Å². The molecule has 1 aliphatic heterocycles. The number of hydrogen-bond donors (Lipinski definition) is 1. The van der Waals surface area contributed by atoms with E-state index < -0.39 is 9.84 Å². The van der Waals surface area contributed by atoms with Crippen LogP contribution in [0.1, 0.15) is 13.3 Å². The third-order valence-corrected chi connectivity index (χ3v) is 4.42. The highest BCUT2D eigenvalue weighted by Gasteiger charge is 2.27. The van der Waals surface area contributed by atoms with Gasteiger partial charge in [-0.3, -0.25) is 0 Å². The fourth-order valence-electron chi connectivity index (χ4n) is 1.41. The molecular weight excluding hydrogens is 190 g/mol. The Balaban J connectivity index is 2.38. The van der Waals surface area contributed by atoms with Crippen molar-refractivity contribution in [1.82, 2.24) is 5.32 Å². The molecule has 1 N–H and O–H groups in total. The lowest BCUT2D eigenvalue weighted by Crippen LogP contribution is -2.44. The van der Waals surface area contributed by atoms with Gasteiger partial charge in [-0.2, -0.15) is 0 Å². The molecule has 0 amide bonds. The van der Waals surface area contributed by atoms with E-state index in [9.17, 15) is 8.42 Å². The maximum Gasteiger partial charge on any atom is 0.155 e. The molecule has 0 bridgehead atoms. The van der Waals surface area contributed by atoms with Gasteiger partial charge in [0.1, 0.15) is 0 Å². The molecular formula is C8H17NO3S. The summed E-state index contributed by atoms with van der Waals surface area (Å²) in [5.41, 5.74) is 0. The van der Waals surface area contributed by atoms with Gasteiger partial charge in [0.05, 0.1) is 11.0 Å². The van der Waals surface area contributed by atoms with E-state index in [-0.39, 0.29) is 11.0 Å². The Morgan fingerprint density at radius 1 is 1.54 bits per heavy atom.